The summed E-state index contributed by atoms with van der Waals surface area (Å²) in [4.78, 5) is 0. The largest absolute Gasteiger partial charge is 0.447 e. The van der Waals surface area contributed by atoms with E-state index in [2.05, 4.69) is 18.5 Å². The molecule has 0 aliphatic rings. The van der Waals surface area contributed by atoms with Gasteiger partial charge in [0.25, 0.3) is 10.0 Å². The van der Waals surface area contributed by atoms with Gasteiger partial charge in [-0.25, -0.2) is 13.6 Å². The molecule has 1 atom stereocenters. The lowest BCUT2D eigenvalue weighted by Gasteiger charge is -2.07. The van der Waals surface area contributed by atoms with Gasteiger partial charge in [-0.2, -0.15) is 11.8 Å². The molecule has 1 unspecified atom stereocenters. The van der Waals surface area contributed by atoms with Crippen molar-refractivity contribution in [2.45, 2.75) is 30.2 Å². The van der Waals surface area contributed by atoms with E-state index in [0.717, 1.165) is 13.0 Å². The Bertz CT molecular complexity index is 442. The van der Waals surface area contributed by atoms with Gasteiger partial charge in [-0.1, -0.05) is 6.92 Å². The van der Waals surface area contributed by atoms with Crippen molar-refractivity contribution < 1.29 is 12.8 Å². The van der Waals surface area contributed by atoms with Crippen LogP contribution in [0.5, 0.6) is 0 Å². The summed E-state index contributed by atoms with van der Waals surface area (Å²) in [5, 5.41) is 8.55. The molecule has 0 saturated carbocycles. The normalized spacial score (nSPS) is 13.8. The first kappa shape index (κ1) is 14.6. The van der Waals surface area contributed by atoms with E-state index in [1.54, 1.807) is 6.07 Å². The summed E-state index contributed by atoms with van der Waals surface area (Å²) in [7, 11) is -3.73. The molecule has 1 rings (SSSR count). The molecular weight excluding hydrogens is 260 g/mol. The molecule has 3 N–H and O–H groups in total. The Hall–Kier alpha value is -0.500. The molecule has 0 amide bonds. The maximum atomic E-state index is 11.0. The van der Waals surface area contributed by atoms with Crippen molar-refractivity contribution in [1.82, 2.24) is 5.32 Å². The fourth-order valence-corrected chi connectivity index (χ4v) is 2.08. The number of hydrogen-bond donors (Lipinski definition) is 2. The minimum absolute atomic E-state index is 0.188. The lowest BCUT2D eigenvalue weighted by molar-refractivity contribution is 0.402. The molecule has 0 aliphatic heterocycles. The molecule has 5 nitrogen and oxygen atoms in total. The van der Waals surface area contributed by atoms with E-state index in [9.17, 15) is 8.42 Å². The third-order valence-corrected chi connectivity index (χ3v) is 4.17. The number of furan rings is 1. The number of hydrogen-bond acceptors (Lipinski definition) is 5. The standard InChI is InChI=1S/C10H18N2O3S2/c1-8(16-2)5-6-12-7-9-3-4-10(15-9)17(11,13)14/h3-4,8,12H,5-7H2,1-2H3,(H2,11,13,14). The van der Waals surface area contributed by atoms with E-state index in [0.29, 0.717) is 17.6 Å². The van der Waals surface area contributed by atoms with Crippen LogP contribution >= 0.6 is 11.8 Å². The number of nitrogens with one attached hydrogen (secondary N) is 1. The lowest BCUT2D eigenvalue weighted by Crippen LogP contribution is -2.17. The average Bonchev–Trinajstić information content (AvgIpc) is 2.72. The highest BCUT2D eigenvalue weighted by atomic mass is 32.2. The van der Waals surface area contributed by atoms with E-state index in [4.69, 9.17) is 9.56 Å². The van der Waals surface area contributed by atoms with Gasteiger partial charge in [0, 0.05) is 5.25 Å². The van der Waals surface area contributed by atoms with Crippen LogP contribution in [0.15, 0.2) is 21.6 Å². The molecule has 1 heterocycles. The fraction of sp³-hybridized carbons (Fsp3) is 0.600. The van der Waals surface area contributed by atoms with Crippen LogP contribution in [0.4, 0.5) is 0 Å². The zero-order valence-electron chi connectivity index (χ0n) is 9.97. The first-order valence-electron chi connectivity index (χ1n) is 5.28. The van der Waals surface area contributed by atoms with Crippen LogP contribution in [0.3, 0.4) is 0 Å². The van der Waals surface area contributed by atoms with Gasteiger partial charge < -0.3 is 9.73 Å². The molecule has 0 spiro atoms. The Kier molecular flexibility index (Phi) is 5.51. The smallest absolute Gasteiger partial charge is 0.271 e. The molecule has 0 radical (unpaired) electrons. The Labute approximate surface area is 106 Å². The molecule has 0 aromatic carbocycles. The molecule has 1 aromatic rings. The second kappa shape index (κ2) is 6.44. The SMILES string of the molecule is CSC(C)CCNCc1ccc(S(N)(=O)=O)o1. The van der Waals surface area contributed by atoms with Crippen LogP contribution in [0.2, 0.25) is 0 Å². The van der Waals surface area contributed by atoms with Crippen molar-refractivity contribution in [3.63, 3.8) is 0 Å². The highest BCUT2D eigenvalue weighted by Crippen LogP contribution is 2.12. The summed E-state index contributed by atoms with van der Waals surface area (Å²) in [5.74, 6) is 0.575. The van der Waals surface area contributed by atoms with Crippen LogP contribution in [0.1, 0.15) is 19.1 Å². The van der Waals surface area contributed by atoms with E-state index in [1.807, 2.05) is 11.8 Å². The summed E-state index contributed by atoms with van der Waals surface area (Å²) in [6.45, 7) is 3.54. The van der Waals surface area contributed by atoms with Crippen LogP contribution in [0, 0.1) is 0 Å². The predicted octanol–water partition coefficient (Wildman–Crippen LogP) is 1.16. The Morgan fingerprint density at radius 2 is 2.24 bits per heavy atom. The number of sulfonamides is 1. The predicted molar refractivity (Wildman–Crippen MR) is 69.4 cm³/mol. The topological polar surface area (TPSA) is 85.3 Å². The second-order valence-electron chi connectivity index (χ2n) is 3.78. The Balaban J connectivity index is 2.36. The molecule has 0 aliphatic carbocycles. The van der Waals surface area contributed by atoms with Crippen molar-refractivity contribution in [2.24, 2.45) is 5.14 Å². The van der Waals surface area contributed by atoms with Gasteiger partial charge in [0.15, 0.2) is 0 Å². The molecule has 0 fully saturated rings. The maximum absolute atomic E-state index is 11.0. The van der Waals surface area contributed by atoms with Crippen LogP contribution < -0.4 is 10.5 Å². The van der Waals surface area contributed by atoms with Crippen molar-refractivity contribution in [3.8, 4) is 0 Å². The molecule has 0 bridgehead atoms. The van der Waals surface area contributed by atoms with Crippen LogP contribution in [-0.2, 0) is 16.6 Å². The molecular formula is C10H18N2O3S2. The monoisotopic (exact) mass is 278 g/mol. The highest BCUT2D eigenvalue weighted by molar-refractivity contribution is 7.99. The Morgan fingerprint density at radius 3 is 2.76 bits per heavy atom. The minimum atomic E-state index is -3.73. The summed E-state index contributed by atoms with van der Waals surface area (Å²) >= 11 is 1.82. The number of nitrogens with two attached hydrogens (primary N) is 1. The van der Waals surface area contributed by atoms with E-state index in [-0.39, 0.29) is 5.09 Å². The summed E-state index contributed by atoms with van der Waals surface area (Å²) in [5.41, 5.74) is 0. The van der Waals surface area contributed by atoms with Gasteiger partial charge in [0.1, 0.15) is 5.76 Å². The first-order chi connectivity index (χ1) is 7.93. The third kappa shape index (κ3) is 5.12. The fourth-order valence-electron chi connectivity index (χ4n) is 1.24. The molecule has 7 heteroatoms. The first-order valence-corrected chi connectivity index (χ1v) is 8.12. The summed E-state index contributed by atoms with van der Waals surface area (Å²) in [6.07, 6.45) is 3.14. The Morgan fingerprint density at radius 1 is 1.53 bits per heavy atom. The zero-order chi connectivity index (χ0) is 12.9. The summed E-state index contributed by atoms with van der Waals surface area (Å²) in [6, 6.07) is 2.99. The quantitative estimate of drug-likeness (QED) is 0.731. The van der Waals surface area contributed by atoms with Crippen molar-refractivity contribution in [1.29, 1.82) is 0 Å². The van der Waals surface area contributed by atoms with E-state index >= 15 is 0 Å². The van der Waals surface area contributed by atoms with E-state index in [1.165, 1.54) is 6.07 Å². The number of thioether (sulfide) groups is 1. The van der Waals surface area contributed by atoms with Crippen molar-refractivity contribution in [3.05, 3.63) is 17.9 Å². The van der Waals surface area contributed by atoms with E-state index < -0.39 is 10.0 Å². The maximum Gasteiger partial charge on any atom is 0.271 e. The van der Waals surface area contributed by atoms with Crippen LogP contribution in [-0.4, -0.2) is 26.5 Å². The molecule has 0 saturated heterocycles. The average molecular weight is 278 g/mol. The molecule has 98 valence electrons. The summed E-state index contributed by atoms with van der Waals surface area (Å²) < 4.78 is 27.0. The second-order valence-corrected chi connectivity index (χ2v) is 6.55. The molecule has 17 heavy (non-hydrogen) atoms. The third-order valence-electron chi connectivity index (χ3n) is 2.35. The lowest BCUT2D eigenvalue weighted by atomic mass is 10.3. The highest BCUT2D eigenvalue weighted by Gasteiger charge is 2.12. The molecule has 1 aromatic heterocycles. The van der Waals surface area contributed by atoms with Gasteiger partial charge in [0.2, 0.25) is 5.09 Å². The number of primary sulfonamides is 1. The van der Waals surface area contributed by atoms with Crippen molar-refractivity contribution in [2.75, 3.05) is 12.8 Å². The van der Waals surface area contributed by atoms with Gasteiger partial charge in [-0.05, 0) is 31.4 Å². The van der Waals surface area contributed by atoms with Gasteiger partial charge in [-0.15, -0.1) is 0 Å². The minimum Gasteiger partial charge on any atom is -0.447 e. The zero-order valence-corrected chi connectivity index (χ0v) is 11.6. The van der Waals surface area contributed by atoms with Gasteiger partial charge in [0.05, 0.1) is 6.54 Å². The van der Waals surface area contributed by atoms with Crippen molar-refractivity contribution >= 4 is 21.8 Å². The van der Waals surface area contributed by atoms with Gasteiger partial charge >= 0.3 is 0 Å². The van der Waals surface area contributed by atoms with Gasteiger partial charge in [-0.3, -0.25) is 0 Å². The van der Waals surface area contributed by atoms with Crippen LogP contribution in [0.25, 0.3) is 0 Å². The number of rotatable bonds is 7.